The van der Waals surface area contributed by atoms with Gasteiger partial charge in [0, 0.05) is 5.56 Å². The minimum absolute atomic E-state index is 0.633. The minimum atomic E-state index is 0.633. The maximum atomic E-state index is 6.17. The predicted octanol–water partition coefficient (Wildman–Crippen LogP) is 2.95. The predicted molar refractivity (Wildman–Crippen MR) is 71.3 cm³/mol. The number of hydrogen-bond acceptors (Lipinski definition) is 3. The SMILES string of the molecule is COc1c(Cl)cc(CCCCN)c(OC)c1C. The average molecular weight is 258 g/mol. The third-order valence-electron chi connectivity index (χ3n) is 2.80. The zero-order valence-corrected chi connectivity index (χ0v) is 11.4. The summed E-state index contributed by atoms with van der Waals surface area (Å²) in [4.78, 5) is 0. The fourth-order valence-corrected chi connectivity index (χ4v) is 2.34. The Kier molecular flexibility index (Phi) is 5.59. The number of hydrogen-bond donors (Lipinski definition) is 1. The Hall–Kier alpha value is -0.930. The van der Waals surface area contributed by atoms with Crippen molar-refractivity contribution >= 4 is 11.6 Å². The Morgan fingerprint density at radius 1 is 1.18 bits per heavy atom. The van der Waals surface area contributed by atoms with Crippen LogP contribution in [0.4, 0.5) is 0 Å². The molecule has 1 aromatic carbocycles. The van der Waals surface area contributed by atoms with Crippen molar-refractivity contribution < 1.29 is 9.47 Å². The number of unbranched alkanes of at least 4 members (excludes halogenated alkanes) is 1. The van der Waals surface area contributed by atoms with E-state index in [2.05, 4.69) is 0 Å². The van der Waals surface area contributed by atoms with Crippen LogP contribution < -0.4 is 15.2 Å². The number of methoxy groups -OCH3 is 2. The van der Waals surface area contributed by atoms with Gasteiger partial charge in [-0.2, -0.15) is 0 Å². The van der Waals surface area contributed by atoms with Gasteiger partial charge in [-0.1, -0.05) is 11.6 Å². The molecule has 2 N–H and O–H groups in total. The first kappa shape index (κ1) is 14.1. The van der Waals surface area contributed by atoms with Gasteiger partial charge in [-0.15, -0.1) is 0 Å². The van der Waals surface area contributed by atoms with Crippen LogP contribution in [0.15, 0.2) is 6.07 Å². The monoisotopic (exact) mass is 257 g/mol. The molecule has 0 aromatic heterocycles. The lowest BCUT2D eigenvalue weighted by Gasteiger charge is -2.16. The van der Waals surface area contributed by atoms with Crippen LogP contribution in [0.1, 0.15) is 24.0 Å². The van der Waals surface area contributed by atoms with Gasteiger partial charge in [0.1, 0.15) is 11.5 Å². The number of ether oxygens (including phenoxy) is 2. The molecule has 0 atom stereocenters. The van der Waals surface area contributed by atoms with Gasteiger partial charge in [0.25, 0.3) is 0 Å². The van der Waals surface area contributed by atoms with Gasteiger partial charge in [0.2, 0.25) is 0 Å². The second kappa shape index (κ2) is 6.72. The molecule has 0 unspecified atom stereocenters. The third-order valence-corrected chi connectivity index (χ3v) is 3.08. The maximum Gasteiger partial charge on any atom is 0.144 e. The van der Waals surface area contributed by atoms with Crippen molar-refractivity contribution in [2.75, 3.05) is 20.8 Å². The molecule has 17 heavy (non-hydrogen) atoms. The van der Waals surface area contributed by atoms with Crippen LogP contribution >= 0.6 is 11.6 Å². The van der Waals surface area contributed by atoms with Crippen molar-refractivity contribution in [3.63, 3.8) is 0 Å². The smallest absolute Gasteiger partial charge is 0.144 e. The van der Waals surface area contributed by atoms with E-state index in [0.29, 0.717) is 17.3 Å². The minimum Gasteiger partial charge on any atom is -0.496 e. The number of nitrogens with two attached hydrogens (primary N) is 1. The summed E-state index contributed by atoms with van der Waals surface area (Å²) in [6.07, 6.45) is 2.96. The lowest BCUT2D eigenvalue weighted by Crippen LogP contribution is -2.02. The van der Waals surface area contributed by atoms with E-state index in [-0.39, 0.29) is 0 Å². The van der Waals surface area contributed by atoms with Crippen molar-refractivity contribution in [1.82, 2.24) is 0 Å². The molecule has 0 saturated carbocycles. The highest BCUT2D eigenvalue weighted by Crippen LogP contribution is 2.38. The largest absolute Gasteiger partial charge is 0.496 e. The molecule has 0 radical (unpaired) electrons. The van der Waals surface area contributed by atoms with Crippen LogP contribution in [-0.2, 0) is 6.42 Å². The van der Waals surface area contributed by atoms with Crippen LogP contribution in [0.5, 0.6) is 11.5 Å². The number of aryl methyl sites for hydroxylation is 1. The Morgan fingerprint density at radius 2 is 1.82 bits per heavy atom. The first-order valence-electron chi connectivity index (χ1n) is 5.75. The van der Waals surface area contributed by atoms with Crippen molar-refractivity contribution in [1.29, 1.82) is 0 Å². The molecule has 3 nitrogen and oxygen atoms in total. The molecule has 0 aliphatic heterocycles. The van der Waals surface area contributed by atoms with E-state index in [0.717, 1.165) is 36.1 Å². The quantitative estimate of drug-likeness (QED) is 0.797. The van der Waals surface area contributed by atoms with Gasteiger partial charge < -0.3 is 15.2 Å². The molecule has 1 aromatic rings. The lowest BCUT2D eigenvalue weighted by atomic mass is 10.0. The van der Waals surface area contributed by atoms with Crippen molar-refractivity contribution in [2.45, 2.75) is 26.2 Å². The van der Waals surface area contributed by atoms with Crippen molar-refractivity contribution in [3.8, 4) is 11.5 Å². The molecule has 0 heterocycles. The molecule has 96 valence electrons. The summed E-state index contributed by atoms with van der Waals surface area (Å²) >= 11 is 6.17. The second-order valence-corrected chi connectivity index (χ2v) is 4.36. The molecule has 0 fully saturated rings. The molecule has 0 saturated heterocycles. The third kappa shape index (κ3) is 3.27. The summed E-state index contributed by atoms with van der Waals surface area (Å²) in [7, 11) is 3.28. The summed E-state index contributed by atoms with van der Waals surface area (Å²) in [5.41, 5.74) is 7.56. The molecule has 4 heteroatoms. The van der Waals surface area contributed by atoms with Gasteiger partial charge in [0.05, 0.1) is 19.2 Å². The van der Waals surface area contributed by atoms with E-state index in [4.69, 9.17) is 26.8 Å². The van der Waals surface area contributed by atoms with Gasteiger partial charge in [-0.3, -0.25) is 0 Å². The molecule has 0 bridgehead atoms. The summed E-state index contributed by atoms with van der Waals surface area (Å²) in [5, 5.41) is 0.633. The van der Waals surface area contributed by atoms with E-state index in [1.807, 2.05) is 13.0 Å². The van der Waals surface area contributed by atoms with Gasteiger partial charge in [0.15, 0.2) is 0 Å². The second-order valence-electron chi connectivity index (χ2n) is 3.95. The highest BCUT2D eigenvalue weighted by atomic mass is 35.5. The zero-order valence-electron chi connectivity index (χ0n) is 10.7. The Morgan fingerprint density at radius 3 is 2.35 bits per heavy atom. The fraction of sp³-hybridized carbons (Fsp3) is 0.538. The Labute approximate surface area is 108 Å². The topological polar surface area (TPSA) is 44.5 Å². The normalized spacial score (nSPS) is 10.4. The molecule has 0 aliphatic carbocycles. The molecule has 0 spiro atoms. The van der Waals surface area contributed by atoms with E-state index in [1.165, 1.54) is 0 Å². The van der Waals surface area contributed by atoms with E-state index in [1.54, 1.807) is 14.2 Å². The number of rotatable bonds is 6. The molecular formula is C13H20ClNO2. The molecule has 0 aliphatic rings. The first-order valence-corrected chi connectivity index (χ1v) is 6.13. The van der Waals surface area contributed by atoms with Gasteiger partial charge >= 0.3 is 0 Å². The highest BCUT2D eigenvalue weighted by molar-refractivity contribution is 6.32. The first-order chi connectivity index (χ1) is 8.15. The van der Waals surface area contributed by atoms with Crippen molar-refractivity contribution in [2.24, 2.45) is 5.73 Å². The Balaban J connectivity index is 3.04. The van der Waals surface area contributed by atoms with Crippen LogP contribution in [0.25, 0.3) is 0 Å². The summed E-state index contributed by atoms with van der Waals surface area (Å²) in [6, 6.07) is 1.92. The van der Waals surface area contributed by atoms with E-state index < -0.39 is 0 Å². The average Bonchev–Trinajstić information content (AvgIpc) is 2.30. The zero-order chi connectivity index (χ0) is 12.8. The molecular weight excluding hydrogens is 238 g/mol. The van der Waals surface area contributed by atoms with Gasteiger partial charge in [-0.05, 0) is 44.4 Å². The van der Waals surface area contributed by atoms with E-state index in [9.17, 15) is 0 Å². The van der Waals surface area contributed by atoms with Crippen LogP contribution in [-0.4, -0.2) is 20.8 Å². The highest BCUT2D eigenvalue weighted by Gasteiger charge is 2.15. The molecule has 0 amide bonds. The van der Waals surface area contributed by atoms with Crippen LogP contribution in [0, 0.1) is 6.92 Å². The molecule has 1 rings (SSSR count). The fourth-order valence-electron chi connectivity index (χ4n) is 1.99. The van der Waals surface area contributed by atoms with Crippen LogP contribution in [0.2, 0.25) is 5.02 Å². The van der Waals surface area contributed by atoms with Gasteiger partial charge in [-0.25, -0.2) is 0 Å². The van der Waals surface area contributed by atoms with Crippen molar-refractivity contribution in [3.05, 3.63) is 22.2 Å². The number of benzene rings is 1. The number of halogens is 1. The summed E-state index contributed by atoms with van der Waals surface area (Å²) in [6.45, 7) is 2.67. The summed E-state index contributed by atoms with van der Waals surface area (Å²) < 4.78 is 10.7. The Bertz CT molecular complexity index is 380. The van der Waals surface area contributed by atoms with Crippen LogP contribution in [0.3, 0.4) is 0 Å². The van der Waals surface area contributed by atoms with E-state index >= 15 is 0 Å². The summed E-state index contributed by atoms with van der Waals surface area (Å²) in [5.74, 6) is 1.55. The maximum absolute atomic E-state index is 6.17. The standard InChI is InChI=1S/C13H20ClNO2/c1-9-12(16-2)10(6-4-5-7-15)8-11(14)13(9)17-3/h8H,4-7,15H2,1-3H3. The lowest BCUT2D eigenvalue weighted by molar-refractivity contribution is 0.385.